The summed E-state index contributed by atoms with van der Waals surface area (Å²) in [4.78, 5) is 8.76. The van der Waals surface area contributed by atoms with Crippen molar-refractivity contribution < 1.29 is 20.1 Å². The van der Waals surface area contributed by atoms with Gasteiger partial charge in [0.15, 0.2) is 0 Å². The van der Waals surface area contributed by atoms with Gasteiger partial charge in [0, 0.05) is 32.5 Å². The zero-order valence-electron chi connectivity index (χ0n) is 21.1. The fourth-order valence-corrected chi connectivity index (χ4v) is 3.84. The molecular weight excluding hydrogens is 617 g/mol. The van der Waals surface area contributed by atoms with Gasteiger partial charge in [0.2, 0.25) is 0 Å². The minimum Gasteiger partial charge on any atom is -0.305 e. The first-order valence-electron chi connectivity index (χ1n) is 11.8. The second-order valence-corrected chi connectivity index (χ2v) is 9.20. The van der Waals surface area contributed by atoms with Gasteiger partial charge in [-0.15, -0.1) is 70.8 Å². The van der Waals surface area contributed by atoms with Crippen LogP contribution >= 0.6 is 0 Å². The maximum atomic E-state index is 4.41. The monoisotopic (exact) mass is 647 g/mol. The molecule has 0 fully saturated rings. The van der Waals surface area contributed by atoms with E-state index in [-0.39, 0.29) is 25.5 Å². The van der Waals surface area contributed by atoms with Crippen LogP contribution in [-0.2, 0) is 25.5 Å². The average molecular weight is 647 g/mol. The number of nitrogens with zero attached hydrogens (tertiary/aromatic N) is 2. The van der Waals surface area contributed by atoms with E-state index in [1.165, 1.54) is 22.3 Å². The Bertz CT molecular complexity index is 1300. The Morgan fingerprint density at radius 2 is 1.36 bits per heavy atom. The normalized spacial score (nSPS) is 10.6. The summed E-state index contributed by atoms with van der Waals surface area (Å²) >= 11 is 0. The topological polar surface area (TPSA) is 25.8 Å². The maximum Gasteiger partial charge on any atom is 0.0190 e. The summed E-state index contributed by atoms with van der Waals surface area (Å²) in [5.41, 5.74) is 8.98. The quantitative estimate of drug-likeness (QED) is 0.185. The Labute approximate surface area is 228 Å². The van der Waals surface area contributed by atoms with Crippen LogP contribution in [0, 0.1) is 26.0 Å². The fraction of sp³-hybridized carbons (Fsp3) is 0.152. The number of benzene rings is 3. The molecular formula is C33H30IrN2-2. The van der Waals surface area contributed by atoms with Gasteiger partial charge in [0.25, 0.3) is 0 Å². The molecule has 2 nitrogen and oxygen atoms in total. The van der Waals surface area contributed by atoms with Crippen LogP contribution in [0.1, 0.15) is 36.1 Å². The molecule has 0 amide bonds. The van der Waals surface area contributed by atoms with E-state index < -0.39 is 0 Å². The summed E-state index contributed by atoms with van der Waals surface area (Å²) in [6, 6.07) is 39.6. The first-order chi connectivity index (χ1) is 16.9. The third-order valence-electron chi connectivity index (χ3n) is 6.12. The molecule has 1 radical (unpaired) electrons. The van der Waals surface area contributed by atoms with Gasteiger partial charge in [0.1, 0.15) is 0 Å². The smallest absolute Gasteiger partial charge is 0.0190 e. The van der Waals surface area contributed by atoms with Gasteiger partial charge in [-0.05, 0) is 40.9 Å². The summed E-state index contributed by atoms with van der Waals surface area (Å²) in [6.07, 6.45) is 3.70. The molecule has 183 valence electrons. The van der Waals surface area contributed by atoms with Crippen LogP contribution in [0.25, 0.3) is 22.5 Å². The van der Waals surface area contributed by atoms with Crippen molar-refractivity contribution in [2.24, 2.45) is 0 Å². The molecule has 0 saturated carbocycles. The predicted octanol–water partition coefficient (Wildman–Crippen LogP) is 8.04. The van der Waals surface area contributed by atoms with E-state index in [1.54, 1.807) is 0 Å². The predicted molar refractivity (Wildman–Crippen MR) is 145 cm³/mol. The van der Waals surface area contributed by atoms with Gasteiger partial charge in [0.05, 0.1) is 0 Å². The van der Waals surface area contributed by atoms with Crippen molar-refractivity contribution >= 4 is 0 Å². The number of pyridine rings is 2. The van der Waals surface area contributed by atoms with E-state index in [2.05, 4.69) is 97.5 Å². The molecule has 0 aliphatic rings. The van der Waals surface area contributed by atoms with E-state index in [0.717, 1.165) is 22.5 Å². The van der Waals surface area contributed by atoms with Gasteiger partial charge in [-0.1, -0.05) is 75.4 Å². The molecule has 3 heteroatoms. The van der Waals surface area contributed by atoms with Gasteiger partial charge >= 0.3 is 0 Å². The van der Waals surface area contributed by atoms with Crippen molar-refractivity contribution in [3.05, 3.63) is 144 Å². The Morgan fingerprint density at radius 1 is 0.639 bits per heavy atom. The van der Waals surface area contributed by atoms with Gasteiger partial charge in [-0.3, -0.25) is 0 Å². The van der Waals surface area contributed by atoms with Crippen molar-refractivity contribution in [2.45, 2.75) is 33.1 Å². The second kappa shape index (κ2) is 12.5. The summed E-state index contributed by atoms with van der Waals surface area (Å²) < 4.78 is 0. The van der Waals surface area contributed by atoms with Crippen molar-refractivity contribution in [1.29, 1.82) is 0 Å². The van der Waals surface area contributed by atoms with Crippen molar-refractivity contribution in [3.8, 4) is 22.5 Å². The van der Waals surface area contributed by atoms with E-state index >= 15 is 0 Å². The molecule has 0 bridgehead atoms. The van der Waals surface area contributed by atoms with E-state index in [0.29, 0.717) is 0 Å². The molecule has 0 saturated heterocycles. The molecule has 0 aliphatic heterocycles. The first kappa shape index (κ1) is 27.2. The second-order valence-electron chi connectivity index (χ2n) is 9.20. The van der Waals surface area contributed by atoms with Crippen LogP contribution in [0.5, 0.6) is 0 Å². The first-order valence-corrected chi connectivity index (χ1v) is 11.8. The molecule has 0 aliphatic carbocycles. The fourth-order valence-electron chi connectivity index (χ4n) is 3.84. The van der Waals surface area contributed by atoms with Crippen LogP contribution in [0.2, 0.25) is 0 Å². The number of hydrogen-bond donors (Lipinski definition) is 0. The average Bonchev–Trinajstić information content (AvgIpc) is 2.91. The molecule has 2 heterocycles. The molecule has 3 aromatic carbocycles. The van der Waals surface area contributed by atoms with Gasteiger partial charge in [-0.25, -0.2) is 0 Å². The minimum absolute atomic E-state index is 0. The maximum absolute atomic E-state index is 4.41. The Morgan fingerprint density at radius 3 is 2.00 bits per heavy atom. The summed E-state index contributed by atoms with van der Waals surface area (Å²) in [6.45, 7) is 8.60. The van der Waals surface area contributed by atoms with Crippen LogP contribution in [-0.4, -0.2) is 9.97 Å². The largest absolute Gasteiger partial charge is 0.305 e. The van der Waals surface area contributed by atoms with E-state index in [1.807, 2.05) is 61.8 Å². The van der Waals surface area contributed by atoms with Crippen molar-refractivity contribution in [3.63, 3.8) is 0 Å². The molecule has 5 rings (SSSR count). The van der Waals surface area contributed by atoms with Crippen molar-refractivity contribution in [1.82, 2.24) is 9.97 Å². The molecule has 36 heavy (non-hydrogen) atoms. The van der Waals surface area contributed by atoms with Crippen molar-refractivity contribution in [2.75, 3.05) is 0 Å². The van der Waals surface area contributed by atoms with Gasteiger partial charge in [-0.2, -0.15) is 0 Å². The SMILES string of the molecule is CC(C)(c1ccccc1)c1cc[c-]c(-c2ccccn2)c1.Cc1c[c-]c(-c2ccc(C)cn2)cc1.[Ir]. The van der Waals surface area contributed by atoms with E-state index in [9.17, 15) is 0 Å². The molecule has 0 N–H and O–H groups in total. The number of aryl methyl sites for hydroxylation is 2. The number of rotatable bonds is 4. The molecule has 5 aromatic rings. The zero-order chi connectivity index (χ0) is 24.7. The van der Waals surface area contributed by atoms with Crippen LogP contribution in [0.15, 0.2) is 109 Å². The van der Waals surface area contributed by atoms with Gasteiger partial charge < -0.3 is 9.97 Å². The summed E-state index contributed by atoms with van der Waals surface area (Å²) in [5.74, 6) is 0. The Balaban J connectivity index is 0.000000210. The van der Waals surface area contributed by atoms with Crippen LogP contribution in [0.3, 0.4) is 0 Å². The summed E-state index contributed by atoms with van der Waals surface area (Å²) in [5, 5.41) is 0. The Kier molecular flexibility index (Phi) is 9.47. The Hall–Kier alpha value is -3.39. The molecule has 0 unspecified atom stereocenters. The molecule has 2 aromatic heterocycles. The number of hydrogen-bond acceptors (Lipinski definition) is 2. The third kappa shape index (κ3) is 6.85. The zero-order valence-corrected chi connectivity index (χ0v) is 23.5. The third-order valence-corrected chi connectivity index (χ3v) is 6.12. The van der Waals surface area contributed by atoms with Crippen LogP contribution < -0.4 is 0 Å². The summed E-state index contributed by atoms with van der Waals surface area (Å²) in [7, 11) is 0. The minimum atomic E-state index is -0.0418. The number of aromatic nitrogens is 2. The standard InChI is InChI=1S/C20H18N.C13H12N.Ir/c1-20(2,17-10-4-3-5-11-17)18-12-8-9-16(15-18)19-13-6-7-14-21-19;1-10-3-6-12(7-4-10)13-8-5-11(2)9-14-13;/h3-8,10-15H,1-2H3;3-6,8-9H,1-2H3;/q2*-1;. The van der Waals surface area contributed by atoms with E-state index in [4.69, 9.17) is 0 Å². The molecule has 0 spiro atoms. The molecule has 0 atom stereocenters. The van der Waals surface area contributed by atoms with Crippen LogP contribution in [0.4, 0.5) is 0 Å².